The number of ether oxygens (including phenoxy) is 1. The zero-order valence-corrected chi connectivity index (χ0v) is 16.5. The SMILES string of the molecule is Cc1cc(C)cc(OCn2ccc(C(=O)NC(C)c3nc4ccccc4o3)n2)c1. The van der Waals surface area contributed by atoms with Crippen molar-refractivity contribution in [3.05, 3.63) is 77.4 Å². The Morgan fingerprint density at radius 2 is 1.93 bits per heavy atom. The minimum absolute atomic E-state index is 0.219. The maximum Gasteiger partial charge on any atom is 0.272 e. The van der Waals surface area contributed by atoms with E-state index in [4.69, 9.17) is 9.15 Å². The number of rotatable bonds is 6. The lowest BCUT2D eigenvalue weighted by molar-refractivity contribution is 0.0927. The second-order valence-electron chi connectivity index (χ2n) is 7.05. The van der Waals surface area contributed by atoms with Gasteiger partial charge in [-0.05, 0) is 62.2 Å². The largest absolute Gasteiger partial charge is 0.471 e. The summed E-state index contributed by atoms with van der Waals surface area (Å²) >= 11 is 0. The number of aryl methyl sites for hydroxylation is 2. The lowest BCUT2D eigenvalue weighted by Gasteiger charge is -2.09. The molecule has 29 heavy (non-hydrogen) atoms. The lowest BCUT2D eigenvalue weighted by Crippen LogP contribution is -2.27. The number of amides is 1. The van der Waals surface area contributed by atoms with Crippen LogP contribution in [0.4, 0.5) is 0 Å². The Morgan fingerprint density at radius 1 is 1.17 bits per heavy atom. The molecule has 0 saturated heterocycles. The van der Waals surface area contributed by atoms with Gasteiger partial charge in [0.1, 0.15) is 23.0 Å². The van der Waals surface area contributed by atoms with Crippen molar-refractivity contribution in [2.45, 2.75) is 33.5 Å². The number of benzene rings is 2. The molecular weight excluding hydrogens is 368 g/mol. The number of aromatic nitrogens is 3. The van der Waals surface area contributed by atoms with Gasteiger partial charge in [0.25, 0.3) is 5.91 Å². The van der Waals surface area contributed by atoms with E-state index in [1.807, 2.05) is 57.2 Å². The molecule has 4 aromatic rings. The summed E-state index contributed by atoms with van der Waals surface area (Å²) in [6.45, 7) is 6.09. The van der Waals surface area contributed by atoms with Gasteiger partial charge in [-0.2, -0.15) is 5.10 Å². The van der Waals surface area contributed by atoms with Crippen LogP contribution in [0.15, 0.2) is 59.1 Å². The van der Waals surface area contributed by atoms with E-state index >= 15 is 0 Å². The van der Waals surface area contributed by atoms with Crippen LogP contribution >= 0.6 is 0 Å². The molecule has 1 unspecified atom stereocenters. The molecule has 0 spiro atoms. The summed E-state index contributed by atoms with van der Waals surface area (Å²) in [4.78, 5) is 16.9. The first-order chi connectivity index (χ1) is 14.0. The number of hydrogen-bond acceptors (Lipinski definition) is 5. The second-order valence-corrected chi connectivity index (χ2v) is 7.05. The molecule has 1 amide bonds. The number of para-hydroxylation sites is 2. The number of carbonyl (C=O) groups is 1. The van der Waals surface area contributed by atoms with Crippen LogP contribution in [-0.2, 0) is 6.73 Å². The van der Waals surface area contributed by atoms with E-state index in [1.54, 1.807) is 16.9 Å². The molecule has 2 aromatic carbocycles. The summed E-state index contributed by atoms with van der Waals surface area (Å²) in [6.07, 6.45) is 1.71. The first-order valence-electron chi connectivity index (χ1n) is 9.39. The molecular formula is C22H22N4O3. The van der Waals surface area contributed by atoms with Crippen molar-refractivity contribution in [3.8, 4) is 5.75 Å². The first-order valence-corrected chi connectivity index (χ1v) is 9.39. The van der Waals surface area contributed by atoms with Crippen molar-refractivity contribution in [1.82, 2.24) is 20.1 Å². The first kappa shape index (κ1) is 18.7. The Labute approximate surface area is 168 Å². The molecule has 0 bridgehead atoms. The van der Waals surface area contributed by atoms with Crippen LogP contribution in [0.1, 0.15) is 40.5 Å². The van der Waals surface area contributed by atoms with Crippen LogP contribution in [0.3, 0.4) is 0 Å². The van der Waals surface area contributed by atoms with Gasteiger partial charge in [0.15, 0.2) is 12.3 Å². The van der Waals surface area contributed by atoms with E-state index in [0.717, 1.165) is 22.4 Å². The number of hydrogen-bond donors (Lipinski definition) is 1. The molecule has 0 aliphatic rings. The molecule has 2 heterocycles. The van der Waals surface area contributed by atoms with Crippen molar-refractivity contribution in [2.24, 2.45) is 0 Å². The lowest BCUT2D eigenvalue weighted by atomic mass is 10.1. The highest BCUT2D eigenvalue weighted by Crippen LogP contribution is 2.20. The summed E-state index contributed by atoms with van der Waals surface area (Å²) < 4.78 is 13.1. The predicted molar refractivity (Wildman–Crippen MR) is 109 cm³/mol. The minimum Gasteiger partial charge on any atom is -0.471 e. The highest BCUT2D eigenvalue weighted by Gasteiger charge is 2.18. The fourth-order valence-electron chi connectivity index (χ4n) is 3.12. The van der Waals surface area contributed by atoms with Crippen LogP contribution in [0, 0.1) is 13.8 Å². The molecule has 0 fully saturated rings. The second kappa shape index (κ2) is 7.79. The van der Waals surface area contributed by atoms with Crippen molar-refractivity contribution in [3.63, 3.8) is 0 Å². The third-order valence-corrected chi connectivity index (χ3v) is 4.46. The summed E-state index contributed by atoms with van der Waals surface area (Å²) in [7, 11) is 0. The van der Waals surface area contributed by atoms with Crippen LogP contribution < -0.4 is 10.1 Å². The highest BCUT2D eigenvalue weighted by molar-refractivity contribution is 5.92. The zero-order valence-electron chi connectivity index (χ0n) is 16.5. The van der Waals surface area contributed by atoms with E-state index in [9.17, 15) is 4.79 Å². The molecule has 7 heteroatoms. The van der Waals surface area contributed by atoms with E-state index in [2.05, 4.69) is 21.5 Å². The molecule has 1 atom stereocenters. The Kier molecular flexibility index (Phi) is 5.03. The Bertz CT molecular complexity index is 1110. The highest BCUT2D eigenvalue weighted by atomic mass is 16.5. The van der Waals surface area contributed by atoms with Crippen molar-refractivity contribution < 1.29 is 13.9 Å². The maximum atomic E-state index is 12.5. The summed E-state index contributed by atoms with van der Waals surface area (Å²) in [5.41, 5.74) is 4.02. The number of nitrogens with one attached hydrogen (secondary N) is 1. The number of nitrogens with zero attached hydrogens (tertiary/aromatic N) is 3. The molecule has 0 aliphatic heterocycles. The van der Waals surface area contributed by atoms with E-state index < -0.39 is 0 Å². The van der Waals surface area contributed by atoms with E-state index in [-0.39, 0.29) is 18.7 Å². The van der Waals surface area contributed by atoms with Crippen molar-refractivity contribution in [1.29, 1.82) is 0 Å². The third-order valence-electron chi connectivity index (χ3n) is 4.46. The molecule has 148 valence electrons. The van der Waals surface area contributed by atoms with Gasteiger partial charge in [0, 0.05) is 6.20 Å². The molecule has 7 nitrogen and oxygen atoms in total. The molecule has 1 N–H and O–H groups in total. The van der Waals surface area contributed by atoms with Gasteiger partial charge in [-0.25, -0.2) is 9.67 Å². The number of oxazole rings is 1. The fourth-order valence-corrected chi connectivity index (χ4v) is 3.12. The predicted octanol–water partition coefficient (Wildman–Crippen LogP) is 4.17. The van der Waals surface area contributed by atoms with Crippen LogP contribution in [0.5, 0.6) is 5.75 Å². The van der Waals surface area contributed by atoms with Gasteiger partial charge in [0.05, 0.1) is 0 Å². The number of fused-ring (bicyclic) bond motifs is 1. The quantitative estimate of drug-likeness (QED) is 0.534. The molecule has 0 aliphatic carbocycles. The van der Waals surface area contributed by atoms with Gasteiger partial charge in [-0.15, -0.1) is 0 Å². The van der Waals surface area contributed by atoms with Crippen LogP contribution in [0.2, 0.25) is 0 Å². The van der Waals surface area contributed by atoms with Gasteiger partial charge in [-0.1, -0.05) is 18.2 Å². The third kappa shape index (κ3) is 4.29. The minimum atomic E-state index is -0.383. The Morgan fingerprint density at radius 3 is 2.69 bits per heavy atom. The Hall–Kier alpha value is -3.61. The number of carbonyl (C=O) groups excluding carboxylic acids is 1. The van der Waals surface area contributed by atoms with E-state index in [1.165, 1.54) is 0 Å². The average molecular weight is 390 g/mol. The molecule has 0 radical (unpaired) electrons. The topological polar surface area (TPSA) is 82.2 Å². The van der Waals surface area contributed by atoms with Gasteiger partial charge >= 0.3 is 0 Å². The van der Waals surface area contributed by atoms with Crippen LogP contribution in [-0.4, -0.2) is 20.7 Å². The molecule has 2 aromatic heterocycles. The normalized spacial score (nSPS) is 12.1. The van der Waals surface area contributed by atoms with Crippen LogP contribution in [0.25, 0.3) is 11.1 Å². The maximum absolute atomic E-state index is 12.5. The average Bonchev–Trinajstić information content (AvgIpc) is 3.32. The Balaban J connectivity index is 1.38. The smallest absolute Gasteiger partial charge is 0.272 e. The monoisotopic (exact) mass is 390 g/mol. The summed E-state index contributed by atoms with van der Waals surface area (Å²) in [5.74, 6) is 0.927. The molecule has 4 rings (SSSR count). The van der Waals surface area contributed by atoms with Gasteiger partial charge < -0.3 is 14.5 Å². The fraction of sp³-hybridized carbons (Fsp3) is 0.227. The zero-order chi connectivity index (χ0) is 20.4. The van der Waals surface area contributed by atoms with E-state index in [0.29, 0.717) is 17.2 Å². The van der Waals surface area contributed by atoms with Gasteiger partial charge in [0.2, 0.25) is 5.89 Å². The summed E-state index contributed by atoms with van der Waals surface area (Å²) in [6, 6.07) is 14.8. The van der Waals surface area contributed by atoms with Gasteiger partial charge in [-0.3, -0.25) is 4.79 Å². The summed E-state index contributed by atoms with van der Waals surface area (Å²) in [5, 5.41) is 7.15. The van der Waals surface area contributed by atoms with Crippen molar-refractivity contribution >= 4 is 17.0 Å². The molecule has 0 saturated carbocycles. The van der Waals surface area contributed by atoms with Crippen molar-refractivity contribution in [2.75, 3.05) is 0 Å². The standard InChI is InChI=1S/C22H22N4O3/c1-14-10-15(2)12-17(11-14)28-13-26-9-8-19(25-26)21(27)23-16(3)22-24-18-6-4-5-7-20(18)29-22/h4-12,16H,13H2,1-3H3,(H,23,27).